The van der Waals surface area contributed by atoms with Crippen LogP contribution in [0.1, 0.15) is 22.5 Å². The molecule has 0 atom stereocenters. The topological polar surface area (TPSA) is 49.3 Å². The largest absolute Gasteiger partial charge is 0.353 e. The van der Waals surface area contributed by atoms with E-state index in [9.17, 15) is 9.18 Å². The number of hydrogen-bond acceptors (Lipinski definition) is 4. The van der Waals surface area contributed by atoms with Crippen molar-refractivity contribution in [3.05, 3.63) is 52.4 Å². The first-order valence-corrected chi connectivity index (χ1v) is 8.21. The van der Waals surface area contributed by atoms with Crippen LogP contribution in [0.2, 0.25) is 5.02 Å². The van der Waals surface area contributed by atoms with Crippen LogP contribution in [-0.4, -0.2) is 47.2 Å². The fraction of sp³-hybridized carbons (Fsp3) is 0.353. The molecule has 1 aliphatic rings. The summed E-state index contributed by atoms with van der Waals surface area (Å²) in [6.45, 7) is 4.51. The Morgan fingerprint density at radius 3 is 2.67 bits per heavy atom. The number of amides is 1. The molecule has 1 saturated heterocycles. The van der Waals surface area contributed by atoms with Crippen LogP contribution in [0.15, 0.2) is 30.3 Å². The van der Waals surface area contributed by atoms with Gasteiger partial charge in [0.15, 0.2) is 5.82 Å². The number of aromatic nitrogens is 2. The molecule has 1 aromatic carbocycles. The molecule has 1 aromatic heterocycles. The van der Waals surface area contributed by atoms with E-state index in [0.29, 0.717) is 19.6 Å². The standard InChI is InChI=1S/C17H18ClFN4O/c1-12-3-4-16(21-20-12)22-5-2-6-23(8-7-22)17(24)13-9-14(18)11-15(19)10-13/h3-4,9-11H,2,5-8H2,1H3. The smallest absolute Gasteiger partial charge is 0.254 e. The van der Waals surface area contributed by atoms with Gasteiger partial charge in [-0.15, -0.1) is 5.10 Å². The van der Waals surface area contributed by atoms with Crippen LogP contribution in [-0.2, 0) is 0 Å². The summed E-state index contributed by atoms with van der Waals surface area (Å²) in [4.78, 5) is 16.4. The Bertz CT molecular complexity index is 718. The summed E-state index contributed by atoms with van der Waals surface area (Å²) in [5.74, 6) is 0.106. The molecule has 1 aliphatic heterocycles. The fourth-order valence-electron chi connectivity index (χ4n) is 2.77. The zero-order valence-corrected chi connectivity index (χ0v) is 14.1. The van der Waals surface area contributed by atoms with E-state index in [4.69, 9.17) is 11.6 Å². The highest BCUT2D eigenvalue weighted by Gasteiger charge is 2.21. The highest BCUT2D eigenvalue weighted by atomic mass is 35.5. The van der Waals surface area contributed by atoms with E-state index in [1.165, 1.54) is 18.2 Å². The Morgan fingerprint density at radius 2 is 1.96 bits per heavy atom. The predicted octanol–water partition coefficient (Wildman–Crippen LogP) is 2.93. The Hall–Kier alpha value is -2.21. The predicted molar refractivity (Wildman–Crippen MR) is 90.9 cm³/mol. The first-order chi connectivity index (χ1) is 11.5. The van der Waals surface area contributed by atoms with Crippen LogP contribution in [0.4, 0.5) is 10.2 Å². The second kappa shape index (κ2) is 7.13. The van der Waals surface area contributed by atoms with Crippen molar-refractivity contribution >= 4 is 23.3 Å². The summed E-state index contributed by atoms with van der Waals surface area (Å²) < 4.78 is 13.5. The van der Waals surface area contributed by atoms with E-state index in [1.807, 2.05) is 19.1 Å². The highest BCUT2D eigenvalue weighted by molar-refractivity contribution is 6.31. The zero-order valence-electron chi connectivity index (χ0n) is 13.4. The second-order valence-electron chi connectivity index (χ2n) is 5.82. The van der Waals surface area contributed by atoms with Gasteiger partial charge in [0.1, 0.15) is 5.82 Å². The summed E-state index contributed by atoms with van der Waals surface area (Å²) in [5, 5.41) is 8.50. The minimum atomic E-state index is -0.503. The van der Waals surface area contributed by atoms with Gasteiger partial charge in [-0.05, 0) is 43.7 Å². The number of benzene rings is 1. The molecule has 1 fully saturated rings. The van der Waals surface area contributed by atoms with E-state index in [1.54, 1.807) is 4.90 Å². The van der Waals surface area contributed by atoms with Gasteiger partial charge in [-0.1, -0.05) is 11.6 Å². The van der Waals surface area contributed by atoms with E-state index in [-0.39, 0.29) is 16.5 Å². The van der Waals surface area contributed by atoms with E-state index in [2.05, 4.69) is 15.1 Å². The molecule has 1 amide bonds. The zero-order chi connectivity index (χ0) is 17.1. The first kappa shape index (κ1) is 16.6. The Balaban J connectivity index is 1.70. The maximum atomic E-state index is 13.5. The average molecular weight is 349 g/mol. The molecule has 0 saturated carbocycles. The van der Waals surface area contributed by atoms with Gasteiger partial charge in [-0.25, -0.2) is 4.39 Å². The van der Waals surface area contributed by atoms with Crippen LogP contribution >= 0.6 is 11.6 Å². The Kier molecular flexibility index (Phi) is 4.94. The molecule has 3 rings (SSSR count). The van der Waals surface area contributed by atoms with Crippen molar-refractivity contribution in [3.8, 4) is 0 Å². The summed E-state index contributed by atoms with van der Waals surface area (Å²) in [7, 11) is 0. The van der Waals surface area contributed by atoms with Gasteiger partial charge in [-0.2, -0.15) is 5.10 Å². The monoisotopic (exact) mass is 348 g/mol. The van der Waals surface area contributed by atoms with Crippen molar-refractivity contribution in [2.24, 2.45) is 0 Å². The van der Waals surface area contributed by atoms with E-state index >= 15 is 0 Å². The van der Waals surface area contributed by atoms with Gasteiger partial charge >= 0.3 is 0 Å². The molecule has 2 aromatic rings. The lowest BCUT2D eigenvalue weighted by molar-refractivity contribution is 0.0766. The van der Waals surface area contributed by atoms with Gasteiger partial charge in [0.2, 0.25) is 0 Å². The number of aryl methyl sites for hydroxylation is 1. The van der Waals surface area contributed by atoms with Crippen LogP contribution in [0, 0.1) is 12.7 Å². The molecule has 126 valence electrons. The van der Waals surface area contributed by atoms with E-state index < -0.39 is 5.82 Å². The van der Waals surface area contributed by atoms with Crippen molar-refractivity contribution in [2.75, 3.05) is 31.1 Å². The minimum absolute atomic E-state index is 0.201. The van der Waals surface area contributed by atoms with Crippen LogP contribution in [0.25, 0.3) is 0 Å². The van der Waals surface area contributed by atoms with Gasteiger partial charge in [-0.3, -0.25) is 4.79 Å². The molecule has 7 heteroatoms. The summed E-state index contributed by atoms with van der Waals surface area (Å²) >= 11 is 5.85. The van der Waals surface area contributed by atoms with Gasteiger partial charge < -0.3 is 9.80 Å². The maximum absolute atomic E-state index is 13.5. The van der Waals surface area contributed by atoms with Crippen molar-refractivity contribution < 1.29 is 9.18 Å². The summed E-state index contributed by atoms with van der Waals surface area (Å²) in [6, 6.07) is 7.78. The lowest BCUT2D eigenvalue weighted by Crippen LogP contribution is -2.35. The molecule has 0 N–H and O–H groups in total. The molecule has 0 radical (unpaired) electrons. The van der Waals surface area contributed by atoms with Crippen molar-refractivity contribution in [2.45, 2.75) is 13.3 Å². The number of carbonyl (C=O) groups is 1. The number of carbonyl (C=O) groups excluding carboxylic acids is 1. The fourth-order valence-corrected chi connectivity index (χ4v) is 2.99. The molecule has 24 heavy (non-hydrogen) atoms. The lowest BCUT2D eigenvalue weighted by atomic mass is 10.2. The molecular formula is C17H18ClFN4O. The second-order valence-corrected chi connectivity index (χ2v) is 6.26. The van der Waals surface area contributed by atoms with Crippen LogP contribution in [0.5, 0.6) is 0 Å². The minimum Gasteiger partial charge on any atom is -0.353 e. The normalized spacial score (nSPS) is 15.3. The molecule has 2 heterocycles. The number of halogens is 2. The molecule has 0 spiro atoms. The Labute approximate surface area is 145 Å². The van der Waals surface area contributed by atoms with Gasteiger partial charge in [0, 0.05) is 36.8 Å². The quantitative estimate of drug-likeness (QED) is 0.837. The third-order valence-corrected chi connectivity index (χ3v) is 4.22. The molecule has 0 unspecified atom stereocenters. The number of rotatable bonds is 2. The summed E-state index contributed by atoms with van der Waals surface area (Å²) in [6.07, 6.45) is 0.810. The van der Waals surface area contributed by atoms with Gasteiger partial charge in [0.25, 0.3) is 5.91 Å². The molecular weight excluding hydrogens is 331 g/mol. The van der Waals surface area contributed by atoms with Crippen LogP contribution in [0.3, 0.4) is 0 Å². The van der Waals surface area contributed by atoms with E-state index in [0.717, 1.165) is 24.5 Å². The van der Waals surface area contributed by atoms with Crippen LogP contribution < -0.4 is 4.90 Å². The molecule has 5 nitrogen and oxygen atoms in total. The molecule has 0 aliphatic carbocycles. The third-order valence-electron chi connectivity index (χ3n) is 4.00. The molecule has 0 bridgehead atoms. The number of anilines is 1. The first-order valence-electron chi connectivity index (χ1n) is 7.83. The van der Waals surface area contributed by atoms with Gasteiger partial charge in [0.05, 0.1) is 5.69 Å². The highest BCUT2D eigenvalue weighted by Crippen LogP contribution is 2.18. The SMILES string of the molecule is Cc1ccc(N2CCCN(C(=O)c3cc(F)cc(Cl)c3)CC2)nn1. The lowest BCUT2D eigenvalue weighted by Gasteiger charge is -2.22. The number of hydrogen-bond donors (Lipinski definition) is 0. The summed E-state index contributed by atoms with van der Waals surface area (Å²) in [5.41, 5.74) is 1.15. The van der Waals surface area contributed by atoms with Crippen molar-refractivity contribution in [1.29, 1.82) is 0 Å². The van der Waals surface area contributed by atoms with Crippen molar-refractivity contribution in [3.63, 3.8) is 0 Å². The number of nitrogens with zero attached hydrogens (tertiary/aromatic N) is 4. The third kappa shape index (κ3) is 3.82. The average Bonchev–Trinajstić information content (AvgIpc) is 2.80. The van der Waals surface area contributed by atoms with Crippen molar-refractivity contribution in [1.82, 2.24) is 15.1 Å². The Morgan fingerprint density at radius 1 is 1.12 bits per heavy atom. The maximum Gasteiger partial charge on any atom is 0.254 e.